The molecule has 2 unspecified atom stereocenters. The summed E-state index contributed by atoms with van der Waals surface area (Å²) in [5.41, 5.74) is 0.272. The van der Waals surface area contributed by atoms with Gasteiger partial charge in [-0.15, -0.1) is 0 Å². The van der Waals surface area contributed by atoms with Crippen molar-refractivity contribution in [3.8, 4) is 6.07 Å². The predicted octanol–water partition coefficient (Wildman–Crippen LogP) is 3.17. The maximum absolute atomic E-state index is 9.51. The summed E-state index contributed by atoms with van der Waals surface area (Å²) in [5.74, 6) is 0.536. The quantitative estimate of drug-likeness (QED) is 0.858. The average molecular weight is 277 g/mol. The number of hydrogen-bond donors (Lipinski definition) is 1. The molecule has 1 saturated heterocycles. The van der Waals surface area contributed by atoms with Crippen molar-refractivity contribution in [3.05, 3.63) is 0 Å². The summed E-state index contributed by atoms with van der Waals surface area (Å²) in [4.78, 5) is 2.63. The first-order valence-corrected chi connectivity index (χ1v) is 8.34. The molecule has 0 aromatic carbocycles. The molecule has 20 heavy (non-hydrogen) atoms. The van der Waals surface area contributed by atoms with Crippen LogP contribution in [0.2, 0.25) is 0 Å². The summed E-state index contributed by atoms with van der Waals surface area (Å²) in [6.07, 6.45) is 8.61. The van der Waals surface area contributed by atoms with Crippen LogP contribution >= 0.6 is 0 Å². The number of nitriles is 1. The first kappa shape index (κ1) is 15.8. The van der Waals surface area contributed by atoms with Gasteiger partial charge in [0.2, 0.25) is 0 Å². The van der Waals surface area contributed by atoms with Crippen molar-refractivity contribution in [2.24, 2.45) is 11.3 Å². The number of likely N-dealkylation sites (tertiary alicyclic amines) is 1. The van der Waals surface area contributed by atoms with Gasteiger partial charge in [-0.3, -0.25) is 0 Å². The summed E-state index contributed by atoms with van der Waals surface area (Å²) in [5, 5.41) is 12.8. The van der Waals surface area contributed by atoms with Crippen LogP contribution in [0.3, 0.4) is 0 Å². The van der Waals surface area contributed by atoms with Gasteiger partial charge in [-0.25, -0.2) is 0 Å². The van der Waals surface area contributed by atoms with Gasteiger partial charge in [0, 0.05) is 0 Å². The smallest absolute Gasteiger partial charge is 0.109 e. The third kappa shape index (κ3) is 3.54. The molecule has 1 heterocycles. The fourth-order valence-corrected chi connectivity index (χ4v) is 4.04. The van der Waals surface area contributed by atoms with Crippen molar-refractivity contribution in [1.29, 1.82) is 5.26 Å². The molecule has 0 radical (unpaired) electrons. The Kier molecular flexibility index (Phi) is 5.09. The lowest BCUT2D eigenvalue weighted by atomic mass is 9.85. The molecule has 2 atom stereocenters. The highest BCUT2D eigenvalue weighted by molar-refractivity contribution is 5.13. The van der Waals surface area contributed by atoms with Crippen LogP contribution < -0.4 is 5.32 Å². The molecule has 2 rings (SSSR count). The van der Waals surface area contributed by atoms with Crippen molar-refractivity contribution in [3.63, 3.8) is 0 Å². The van der Waals surface area contributed by atoms with Gasteiger partial charge in [0.1, 0.15) is 5.54 Å². The molecule has 0 aromatic heterocycles. The molecular formula is C17H31N3. The van der Waals surface area contributed by atoms with Gasteiger partial charge in [-0.2, -0.15) is 5.26 Å². The Morgan fingerprint density at radius 3 is 2.70 bits per heavy atom. The normalized spacial score (nSPS) is 34.6. The number of hydrogen-bond acceptors (Lipinski definition) is 3. The summed E-state index contributed by atoms with van der Waals surface area (Å²) in [6, 6.07) is 2.56. The van der Waals surface area contributed by atoms with Crippen LogP contribution in [-0.2, 0) is 0 Å². The standard InChI is InChI=1S/C17H31N3/c1-16(2)8-5-11-20(13-10-16)12-7-15-6-4-9-17(15,14-18)19-3/h15,19H,4-13H2,1-3H3. The topological polar surface area (TPSA) is 39.1 Å². The molecular weight excluding hydrogens is 246 g/mol. The van der Waals surface area contributed by atoms with E-state index in [1.165, 1.54) is 58.2 Å². The van der Waals surface area contributed by atoms with E-state index in [1.807, 2.05) is 7.05 Å². The van der Waals surface area contributed by atoms with Crippen molar-refractivity contribution in [2.75, 3.05) is 26.7 Å². The summed E-state index contributed by atoms with van der Waals surface area (Å²) < 4.78 is 0. The van der Waals surface area contributed by atoms with Gasteiger partial charge in [0.15, 0.2) is 0 Å². The summed E-state index contributed by atoms with van der Waals surface area (Å²) >= 11 is 0. The van der Waals surface area contributed by atoms with Crippen molar-refractivity contribution in [1.82, 2.24) is 10.2 Å². The first-order chi connectivity index (χ1) is 9.51. The van der Waals surface area contributed by atoms with Crippen molar-refractivity contribution in [2.45, 2.75) is 64.3 Å². The van der Waals surface area contributed by atoms with Gasteiger partial charge in [-0.05, 0) is 76.5 Å². The van der Waals surface area contributed by atoms with Crippen LogP contribution in [0.15, 0.2) is 0 Å². The lowest BCUT2D eigenvalue weighted by Gasteiger charge is -2.30. The number of rotatable bonds is 4. The summed E-state index contributed by atoms with van der Waals surface area (Å²) in [6.45, 7) is 8.45. The average Bonchev–Trinajstić information content (AvgIpc) is 2.76. The van der Waals surface area contributed by atoms with Gasteiger partial charge >= 0.3 is 0 Å². The Bertz CT molecular complexity index is 358. The second-order valence-electron chi connectivity index (χ2n) is 7.57. The fourth-order valence-electron chi connectivity index (χ4n) is 4.04. The van der Waals surface area contributed by atoms with E-state index < -0.39 is 0 Å². The Morgan fingerprint density at radius 2 is 2.00 bits per heavy atom. The number of nitrogens with zero attached hydrogens (tertiary/aromatic N) is 2. The Balaban J connectivity index is 1.85. The molecule has 0 bridgehead atoms. The summed E-state index contributed by atoms with van der Waals surface area (Å²) in [7, 11) is 1.95. The predicted molar refractivity (Wildman–Crippen MR) is 83.4 cm³/mol. The van der Waals surface area contributed by atoms with E-state index in [9.17, 15) is 5.26 Å². The van der Waals surface area contributed by atoms with Crippen LogP contribution in [0, 0.1) is 22.7 Å². The zero-order valence-electron chi connectivity index (χ0n) is 13.5. The molecule has 3 nitrogen and oxygen atoms in total. The third-order valence-electron chi connectivity index (χ3n) is 5.69. The minimum Gasteiger partial charge on any atom is -0.303 e. The van der Waals surface area contributed by atoms with Gasteiger partial charge in [-0.1, -0.05) is 20.3 Å². The van der Waals surface area contributed by atoms with E-state index in [1.54, 1.807) is 0 Å². The van der Waals surface area contributed by atoms with E-state index in [2.05, 4.69) is 30.1 Å². The SMILES string of the molecule is CNC1(C#N)CCCC1CCN1CCCC(C)(C)CC1. The van der Waals surface area contributed by atoms with E-state index >= 15 is 0 Å². The molecule has 0 aromatic rings. The highest BCUT2D eigenvalue weighted by Crippen LogP contribution is 2.37. The molecule has 2 aliphatic rings. The first-order valence-electron chi connectivity index (χ1n) is 8.34. The highest BCUT2D eigenvalue weighted by Gasteiger charge is 2.41. The van der Waals surface area contributed by atoms with E-state index in [4.69, 9.17) is 0 Å². The molecule has 1 aliphatic carbocycles. The minimum atomic E-state index is -0.245. The van der Waals surface area contributed by atoms with Crippen LogP contribution in [0.1, 0.15) is 58.8 Å². The molecule has 0 spiro atoms. The zero-order chi connectivity index (χ0) is 14.6. The molecule has 3 heteroatoms. The largest absolute Gasteiger partial charge is 0.303 e. The third-order valence-corrected chi connectivity index (χ3v) is 5.69. The molecule has 2 fully saturated rings. The molecule has 1 aliphatic heterocycles. The van der Waals surface area contributed by atoms with Gasteiger partial charge < -0.3 is 10.2 Å². The number of nitrogens with one attached hydrogen (secondary N) is 1. The van der Waals surface area contributed by atoms with Crippen molar-refractivity contribution < 1.29 is 0 Å². The lowest BCUT2D eigenvalue weighted by Crippen LogP contribution is -2.45. The van der Waals surface area contributed by atoms with Gasteiger partial charge in [0.25, 0.3) is 0 Å². The Hall–Kier alpha value is -0.590. The van der Waals surface area contributed by atoms with E-state index in [0.29, 0.717) is 11.3 Å². The second kappa shape index (κ2) is 6.45. The van der Waals surface area contributed by atoms with Crippen LogP contribution in [0.4, 0.5) is 0 Å². The van der Waals surface area contributed by atoms with E-state index in [-0.39, 0.29) is 5.54 Å². The maximum Gasteiger partial charge on any atom is 0.109 e. The minimum absolute atomic E-state index is 0.245. The van der Waals surface area contributed by atoms with Crippen molar-refractivity contribution >= 4 is 0 Å². The van der Waals surface area contributed by atoms with Gasteiger partial charge in [0.05, 0.1) is 6.07 Å². The van der Waals surface area contributed by atoms with E-state index in [0.717, 1.165) is 6.42 Å². The molecule has 1 saturated carbocycles. The highest BCUT2D eigenvalue weighted by atomic mass is 15.1. The monoisotopic (exact) mass is 277 g/mol. The zero-order valence-corrected chi connectivity index (χ0v) is 13.5. The molecule has 1 N–H and O–H groups in total. The lowest BCUT2D eigenvalue weighted by molar-refractivity contribution is 0.224. The molecule has 0 amide bonds. The maximum atomic E-state index is 9.51. The van der Waals surface area contributed by atoms with Crippen LogP contribution in [-0.4, -0.2) is 37.1 Å². The fraction of sp³-hybridized carbons (Fsp3) is 0.941. The second-order valence-corrected chi connectivity index (χ2v) is 7.57. The molecule has 114 valence electrons. The van der Waals surface area contributed by atoms with Crippen LogP contribution in [0.5, 0.6) is 0 Å². The Labute approximate surface area is 124 Å². The Morgan fingerprint density at radius 1 is 1.20 bits per heavy atom. The van der Waals surface area contributed by atoms with Crippen LogP contribution in [0.25, 0.3) is 0 Å².